The third kappa shape index (κ3) is 14.6. The predicted molar refractivity (Wildman–Crippen MR) is 139 cm³/mol. The van der Waals surface area contributed by atoms with Crippen LogP contribution in [-0.4, -0.2) is 37.2 Å². The predicted octanol–water partition coefficient (Wildman–Crippen LogP) is 8.97. The van der Waals surface area contributed by atoms with Gasteiger partial charge in [0.1, 0.15) is 0 Å². The Morgan fingerprint density at radius 1 is 0.643 bits per heavy atom. The first-order valence-electron chi connectivity index (χ1n) is 12.3. The molecule has 28 heavy (non-hydrogen) atoms. The van der Waals surface area contributed by atoms with Crippen molar-refractivity contribution in [2.24, 2.45) is 0 Å². The van der Waals surface area contributed by atoms with E-state index in [2.05, 4.69) is 42.8 Å². The molecule has 0 rings (SSSR count). The van der Waals surface area contributed by atoms with Crippen molar-refractivity contribution in [2.45, 2.75) is 118 Å². The van der Waals surface area contributed by atoms with Crippen LogP contribution in [0.4, 0.5) is 0 Å². The molecular formula is C24H50IO2P. The molecule has 0 fully saturated rings. The molecule has 0 aromatic heterocycles. The number of esters is 1. The summed E-state index contributed by atoms with van der Waals surface area (Å²) in [5.74, 6) is -0.134. The summed E-state index contributed by atoms with van der Waals surface area (Å²) in [6.07, 6.45) is 24.9. The summed E-state index contributed by atoms with van der Waals surface area (Å²) >= 11 is 3.05. The zero-order chi connectivity index (χ0) is 21.2. The molecule has 0 bridgehead atoms. The minimum atomic E-state index is -1.69. The molecule has 0 saturated carbocycles. The Hall–Kier alpha value is 0.630. The number of rotatable bonds is 20. The van der Waals surface area contributed by atoms with Crippen molar-refractivity contribution in [1.29, 1.82) is 0 Å². The van der Waals surface area contributed by atoms with E-state index in [4.69, 9.17) is 4.74 Å². The standard InChI is InChI=1S/C24H50IO2P/c1-5-8-11-15-20-28(25,21-16-12-9-6-2,22-17-13-10-7-3)23-18-14-19-27-24(4)26/h5-23H2,1-4H3. The van der Waals surface area contributed by atoms with Crippen LogP contribution in [0.1, 0.15) is 118 Å². The average Bonchev–Trinajstić information content (AvgIpc) is 2.66. The third-order valence-electron chi connectivity index (χ3n) is 6.13. The van der Waals surface area contributed by atoms with Crippen LogP contribution >= 0.6 is 26.3 Å². The number of carbonyl (C=O) groups excluding carboxylic acids is 1. The molecule has 170 valence electrons. The molecule has 0 aliphatic heterocycles. The monoisotopic (exact) mass is 528 g/mol. The zero-order valence-electron chi connectivity index (χ0n) is 19.6. The van der Waals surface area contributed by atoms with E-state index < -0.39 is 4.25 Å². The summed E-state index contributed by atoms with van der Waals surface area (Å²) < 4.78 is 3.52. The van der Waals surface area contributed by atoms with Gasteiger partial charge in [0.25, 0.3) is 0 Å². The Morgan fingerprint density at radius 3 is 1.32 bits per heavy atom. The third-order valence-corrected chi connectivity index (χ3v) is 17.7. The number of carbonyl (C=O) groups is 1. The Kier molecular flexibility index (Phi) is 17.7. The van der Waals surface area contributed by atoms with E-state index in [9.17, 15) is 4.79 Å². The van der Waals surface area contributed by atoms with Crippen LogP contribution in [0.25, 0.3) is 0 Å². The van der Waals surface area contributed by atoms with Crippen LogP contribution in [0.15, 0.2) is 0 Å². The van der Waals surface area contributed by atoms with Crippen molar-refractivity contribution in [3.05, 3.63) is 0 Å². The van der Waals surface area contributed by atoms with Crippen LogP contribution in [0, 0.1) is 0 Å². The maximum atomic E-state index is 11.1. The molecule has 0 unspecified atom stereocenters. The molecule has 2 nitrogen and oxygen atoms in total. The van der Waals surface area contributed by atoms with Gasteiger partial charge in [0.2, 0.25) is 0 Å². The molecule has 0 heterocycles. The number of unbranched alkanes of at least 4 members (excludes halogenated alkanes) is 10. The van der Waals surface area contributed by atoms with Crippen LogP contribution in [0.5, 0.6) is 0 Å². The molecule has 0 aromatic carbocycles. The summed E-state index contributed by atoms with van der Waals surface area (Å²) in [6, 6.07) is 0. The summed E-state index contributed by atoms with van der Waals surface area (Å²) in [5, 5.41) is 0. The number of hydrogen-bond acceptors (Lipinski definition) is 2. The summed E-state index contributed by atoms with van der Waals surface area (Å²) in [6.45, 7) is 9.07. The van der Waals surface area contributed by atoms with Gasteiger partial charge in [0.15, 0.2) is 0 Å². The summed E-state index contributed by atoms with van der Waals surface area (Å²) in [5.41, 5.74) is 0. The molecule has 0 saturated heterocycles. The topological polar surface area (TPSA) is 26.3 Å². The Morgan fingerprint density at radius 2 is 1.00 bits per heavy atom. The van der Waals surface area contributed by atoms with Crippen LogP contribution in [0.2, 0.25) is 0 Å². The Labute approximate surface area is 190 Å². The zero-order valence-corrected chi connectivity index (χ0v) is 22.6. The normalized spacial score (nSPS) is 13.2. The van der Waals surface area contributed by atoms with E-state index in [1.54, 1.807) is 0 Å². The van der Waals surface area contributed by atoms with Crippen molar-refractivity contribution < 1.29 is 9.53 Å². The average molecular weight is 529 g/mol. The van der Waals surface area contributed by atoms with Crippen LogP contribution in [0.3, 0.4) is 0 Å². The van der Waals surface area contributed by atoms with Gasteiger partial charge in [-0.25, -0.2) is 0 Å². The molecule has 4 heteroatoms. The van der Waals surface area contributed by atoms with E-state index >= 15 is 0 Å². The second-order valence-electron chi connectivity index (χ2n) is 8.94. The molecule has 0 aliphatic rings. The van der Waals surface area contributed by atoms with Crippen LogP contribution in [-0.2, 0) is 9.53 Å². The molecule has 0 N–H and O–H groups in total. The fourth-order valence-electron chi connectivity index (χ4n) is 4.30. The first-order chi connectivity index (χ1) is 13.4. The molecule has 0 radical (unpaired) electrons. The van der Waals surface area contributed by atoms with Gasteiger partial charge in [-0.3, -0.25) is 0 Å². The second-order valence-corrected chi connectivity index (χ2v) is 22.6. The second kappa shape index (κ2) is 17.3. The van der Waals surface area contributed by atoms with Gasteiger partial charge < -0.3 is 0 Å². The quantitative estimate of drug-likeness (QED) is 0.0682. The van der Waals surface area contributed by atoms with E-state index in [-0.39, 0.29) is 5.97 Å². The molecule has 0 atom stereocenters. The van der Waals surface area contributed by atoms with Crippen molar-refractivity contribution in [3.63, 3.8) is 0 Å². The van der Waals surface area contributed by atoms with Crippen molar-refractivity contribution >= 4 is 32.3 Å². The summed E-state index contributed by atoms with van der Waals surface area (Å²) in [7, 11) is 0. The van der Waals surface area contributed by atoms with Gasteiger partial charge in [-0.15, -0.1) is 0 Å². The number of halogens is 1. The van der Waals surface area contributed by atoms with Gasteiger partial charge in [0, 0.05) is 0 Å². The molecule has 0 aromatic rings. The first kappa shape index (κ1) is 28.6. The van der Waals surface area contributed by atoms with Crippen LogP contribution < -0.4 is 0 Å². The van der Waals surface area contributed by atoms with E-state index in [1.165, 1.54) is 115 Å². The Balaban J connectivity index is 4.98. The first-order valence-corrected chi connectivity index (χ1v) is 18.0. The molecule has 0 amide bonds. The van der Waals surface area contributed by atoms with Crippen molar-refractivity contribution in [2.75, 3.05) is 31.3 Å². The van der Waals surface area contributed by atoms with E-state index in [0.717, 1.165) is 6.42 Å². The number of hydrogen-bond donors (Lipinski definition) is 0. The van der Waals surface area contributed by atoms with E-state index in [0.29, 0.717) is 6.61 Å². The van der Waals surface area contributed by atoms with E-state index in [1.807, 2.05) is 0 Å². The van der Waals surface area contributed by atoms with Crippen molar-refractivity contribution in [3.8, 4) is 0 Å². The van der Waals surface area contributed by atoms with Gasteiger partial charge >= 0.3 is 191 Å². The van der Waals surface area contributed by atoms with Gasteiger partial charge in [-0.1, -0.05) is 0 Å². The Bertz CT molecular complexity index is 353. The summed E-state index contributed by atoms with van der Waals surface area (Å²) in [4.78, 5) is 11.1. The fraction of sp³-hybridized carbons (Fsp3) is 0.958. The van der Waals surface area contributed by atoms with Gasteiger partial charge in [-0.05, 0) is 0 Å². The maximum absolute atomic E-state index is 11.1. The van der Waals surface area contributed by atoms with Gasteiger partial charge in [0.05, 0.1) is 0 Å². The molecule has 0 spiro atoms. The number of ether oxygens (including phenoxy) is 1. The minimum absolute atomic E-state index is 0.134. The van der Waals surface area contributed by atoms with Gasteiger partial charge in [-0.2, -0.15) is 0 Å². The van der Waals surface area contributed by atoms with Crippen molar-refractivity contribution in [1.82, 2.24) is 0 Å². The molecular weight excluding hydrogens is 478 g/mol. The molecule has 0 aliphatic carbocycles. The fourth-order valence-corrected chi connectivity index (χ4v) is 13.8. The SMILES string of the molecule is CCCCCCP(I)(CCCCCC)(CCCCCC)CCCCOC(C)=O.